The Balaban J connectivity index is 1.40. The monoisotopic (exact) mass is 362 g/mol. The number of carbonyl (C=O) groups is 1. The van der Waals surface area contributed by atoms with E-state index < -0.39 is 0 Å². The molecular weight excluding hydrogens is 344 g/mol. The van der Waals surface area contributed by atoms with Crippen LogP contribution in [0.3, 0.4) is 0 Å². The molecule has 4 rings (SSSR count). The highest BCUT2D eigenvalue weighted by molar-refractivity contribution is 7.18. The van der Waals surface area contributed by atoms with E-state index in [2.05, 4.69) is 28.3 Å². The van der Waals surface area contributed by atoms with Gasteiger partial charge in [0.15, 0.2) is 0 Å². The maximum Gasteiger partial charge on any atom is 0.251 e. The van der Waals surface area contributed by atoms with E-state index in [1.54, 1.807) is 23.9 Å². The van der Waals surface area contributed by atoms with Gasteiger partial charge in [0.05, 0.1) is 21.6 Å². The third-order valence-electron chi connectivity index (χ3n) is 4.23. The third-order valence-corrected chi connectivity index (χ3v) is 5.50. The van der Waals surface area contributed by atoms with E-state index in [4.69, 9.17) is 0 Å². The van der Waals surface area contributed by atoms with Crippen molar-refractivity contribution in [1.29, 1.82) is 0 Å². The van der Waals surface area contributed by atoms with Gasteiger partial charge >= 0.3 is 0 Å². The number of thiazole rings is 1. The van der Waals surface area contributed by atoms with Crippen LogP contribution in [0.1, 0.15) is 28.2 Å². The molecule has 0 aliphatic heterocycles. The number of benzene rings is 2. The van der Waals surface area contributed by atoms with Crippen molar-refractivity contribution in [2.75, 3.05) is 6.54 Å². The molecule has 2 heterocycles. The lowest BCUT2D eigenvalue weighted by Crippen LogP contribution is -2.27. The van der Waals surface area contributed by atoms with Crippen LogP contribution in [0.4, 0.5) is 0 Å². The van der Waals surface area contributed by atoms with Crippen LogP contribution in [-0.2, 0) is 0 Å². The minimum Gasteiger partial charge on any atom is -0.351 e. The topological polar surface area (TPSA) is 59.8 Å². The average Bonchev–Trinajstić information content (AvgIpc) is 3.35. The Morgan fingerprint density at radius 2 is 2.00 bits per heavy atom. The first kappa shape index (κ1) is 16.5. The first-order valence-electron chi connectivity index (χ1n) is 8.43. The summed E-state index contributed by atoms with van der Waals surface area (Å²) in [6.45, 7) is 2.64. The molecule has 6 heteroatoms. The number of para-hydroxylation sites is 1. The normalized spacial score (nSPS) is 12.2. The molecule has 0 spiro atoms. The second-order valence-electron chi connectivity index (χ2n) is 6.15. The number of amides is 1. The smallest absolute Gasteiger partial charge is 0.251 e. The maximum atomic E-state index is 12.4. The van der Waals surface area contributed by atoms with Gasteiger partial charge in [0.1, 0.15) is 0 Å². The van der Waals surface area contributed by atoms with Crippen molar-refractivity contribution in [3.63, 3.8) is 0 Å². The molecule has 0 fully saturated rings. The highest BCUT2D eigenvalue weighted by Crippen LogP contribution is 2.26. The molecule has 0 radical (unpaired) electrons. The van der Waals surface area contributed by atoms with Crippen LogP contribution < -0.4 is 5.32 Å². The standard InChI is InChI=1S/C20H18N4OS/c1-14(20-23-17-4-2-3-5-18(17)26-20)12-22-19(25)15-6-8-16(9-7-15)24-11-10-21-13-24/h2-11,13-14H,12H2,1H3,(H,22,25)/t14-/m1/s1. The number of nitrogens with one attached hydrogen (secondary N) is 1. The van der Waals surface area contributed by atoms with Gasteiger partial charge in [-0.05, 0) is 36.4 Å². The molecule has 0 saturated carbocycles. The van der Waals surface area contributed by atoms with Crippen molar-refractivity contribution >= 4 is 27.5 Å². The van der Waals surface area contributed by atoms with Crippen LogP contribution in [0.15, 0.2) is 67.3 Å². The fourth-order valence-corrected chi connectivity index (χ4v) is 3.75. The highest BCUT2D eigenvalue weighted by Gasteiger charge is 2.13. The van der Waals surface area contributed by atoms with E-state index in [1.165, 1.54) is 4.70 Å². The summed E-state index contributed by atoms with van der Waals surface area (Å²) in [5.41, 5.74) is 2.63. The molecular formula is C20H18N4OS. The molecule has 0 aliphatic carbocycles. The summed E-state index contributed by atoms with van der Waals surface area (Å²) in [5.74, 6) is 0.0942. The number of rotatable bonds is 5. The Morgan fingerprint density at radius 1 is 1.19 bits per heavy atom. The number of fused-ring (bicyclic) bond motifs is 1. The van der Waals surface area contributed by atoms with Crippen molar-refractivity contribution in [3.05, 3.63) is 77.8 Å². The number of aromatic nitrogens is 3. The van der Waals surface area contributed by atoms with E-state index in [1.807, 2.05) is 53.2 Å². The van der Waals surface area contributed by atoms with Gasteiger partial charge in [-0.2, -0.15) is 0 Å². The lowest BCUT2D eigenvalue weighted by Gasteiger charge is -2.10. The van der Waals surface area contributed by atoms with Crippen LogP contribution in [0.25, 0.3) is 15.9 Å². The molecule has 0 unspecified atom stereocenters. The molecule has 2 aromatic carbocycles. The Bertz CT molecular complexity index is 989. The molecule has 1 atom stereocenters. The number of carbonyl (C=O) groups excluding carboxylic acids is 1. The lowest BCUT2D eigenvalue weighted by atomic mass is 10.1. The van der Waals surface area contributed by atoms with E-state index >= 15 is 0 Å². The molecule has 1 amide bonds. The predicted molar refractivity (Wildman–Crippen MR) is 104 cm³/mol. The van der Waals surface area contributed by atoms with Gasteiger partial charge in [0, 0.05) is 36.1 Å². The van der Waals surface area contributed by atoms with Gasteiger partial charge in [0.2, 0.25) is 0 Å². The van der Waals surface area contributed by atoms with Crippen LogP contribution in [0.2, 0.25) is 0 Å². The first-order chi connectivity index (χ1) is 12.7. The second-order valence-corrected chi connectivity index (χ2v) is 7.21. The minimum atomic E-state index is -0.0739. The molecule has 130 valence electrons. The van der Waals surface area contributed by atoms with Crippen molar-refractivity contribution in [1.82, 2.24) is 19.9 Å². The predicted octanol–water partition coefficient (Wildman–Crippen LogP) is 4.02. The summed E-state index contributed by atoms with van der Waals surface area (Å²) < 4.78 is 3.08. The van der Waals surface area contributed by atoms with Crippen molar-refractivity contribution in [2.45, 2.75) is 12.8 Å². The van der Waals surface area contributed by atoms with Gasteiger partial charge in [-0.15, -0.1) is 11.3 Å². The third kappa shape index (κ3) is 3.36. The van der Waals surface area contributed by atoms with Gasteiger partial charge in [-0.25, -0.2) is 9.97 Å². The summed E-state index contributed by atoms with van der Waals surface area (Å²) in [4.78, 5) is 21.1. The van der Waals surface area contributed by atoms with Crippen molar-refractivity contribution < 1.29 is 4.79 Å². The summed E-state index contributed by atoms with van der Waals surface area (Å²) in [7, 11) is 0. The van der Waals surface area contributed by atoms with Crippen LogP contribution >= 0.6 is 11.3 Å². The molecule has 4 aromatic rings. The summed E-state index contributed by atoms with van der Waals surface area (Å²) in [5, 5.41) is 4.05. The lowest BCUT2D eigenvalue weighted by molar-refractivity contribution is 0.0951. The van der Waals surface area contributed by atoms with Crippen molar-refractivity contribution in [2.24, 2.45) is 0 Å². The van der Waals surface area contributed by atoms with E-state index in [9.17, 15) is 4.79 Å². The summed E-state index contributed by atoms with van der Waals surface area (Å²) in [6.07, 6.45) is 5.33. The van der Waals surface area contributed by atoms with Gasteiger partial charge in [-0.3, -0.25) is 4.79 Å². The zero-order valence-corrected chi connectivity index (χ0v) is 15.1. The molecule has 0 bridgehead atoms. The first-order valence-corrected chi connectivity index (χ1v) is 9.24. The second kappa shape index (κ2) is 7.09. The fourth-order valence-electron chi connectivity index (χ4n) is 2.73. The molecule has 0 aliphatic rings. The molecule has 26 heavy (non-hydrogen) atoms. The Labute approximate surface area is 155 Å². The number of hydrogen-bond acceptors (Lipinski definition) is 4. The zero-order valence-electron chi connectivity index (χ0n) is 14.3. The summed E-state index contributed by atoms with van der Waals surface area (Å²) >= 11 is 1.68. The zero-order chi connectivity index (χ0) is 17.9. The van der Waals surface area contributed by atoms with E-state index in [-0.39, 0.29) is 11.8 Å². The SMILES string of the molecule is C[C@H](CNC(=O)c1ccc(-n2ccnc2)cc1)c1nc2ccccc2s1. The quantitative estimate of drug-likeness (QED) is 0.583. The molecule has 0 saturated heterocycles. The largest absolute Gasteiger partial charge is 0.351 e. The maximum absolute atomic E-state index is 12.4. The average molecular weight is 362 g/mol. The van der Waals surface area contributed by atoms with Gasteiger partial charge in [0.25, 0.3) is 5.91 Å². The van der Waals surface area contributed by atoms with E-state index in [0.29, 0.717) is 12.1 Å². The highest BCUT2D eigenvalue weighted by atomic mass is 32.1. The van der Waals surface area contributed by atoms with Crippen LogP contribution in [0, 0.1) is 0 Å². The Morgan fingerprint density at radius 3 is 2.73 bits per heavy atom. The number of hydrogen-bond donors (Lipinski definition) is 1. The molecule has 1 N–H and O–H groups in total. The minimum absolute atomic E-state index is 0.0739. The molecule has 5 nitrogen and oxygen atoms in total. The van der Waals surface area contributed by atoms with Crippen molar-refractivity contribution in [3.8, 4) is 5.69 Å². The van der Waals surface area contributed by atoms with Gasteiger partial charge < -0.3 is 9.88 Å². The van der Waals surface area contributed by atoms with Crippen LogP contribution in [-0.4, -0.2) is 27.0 Å². The van der Waals surface area contributed by atoms with E-state index in [0.717, 1.165) is 16.2 Å². The fraction of sp³-hybridized carbons (Fsp3) is 0.150. The Kier molecular flexibility index (Phi) is 4.50. The van der Waals surface area contributed by atoms with Crippen LogP contribution in [0.5, 0.6) is 0 Å². The number of imidazole rings is 1. The Hall–Kier alpha value is -2.99. The number of nitrogens with zero attached hydrogens (tertiary/aromatic N) is 3. The summed E-state index contributed by atoms with van der Waals surface area (Å²) in [6, 6.07) is 15.6. The van der Waals surface area contributed by atoms with Gasteiger partial charge in [-0.1, -0.05) is 19.1 Å². The molecule has 2 aromatic heterocycles.